The van der Waals surface area contributed by atoms with E-state index in [0.717, 1.165) is 11.8 Å². The van der Waals surface area contributed by atoms with Crippen molar-refractivity contribution < 1.29 is 10.2 Å². The van der Waals surface area contributed by atoms with Gasteiger partial charge in [-0.1, -0.05) is 27.7 Å². The zero-order valence-corrected chi connectivity index (χ0v) is 25.0. The maximum absolute atomic E-state index is 11.4. The van der Waals surface area contributed by atoms with Crippen LogP contribution in [0.1, 0.15) is 116 Å². The summed E-state index contributed by atoms with van der Waals surface area (Å²) in [5.74, 6) is 1.66. The Hall–Kier alpha value is -2.36. The highest BCUT2D eigenvalue weighted by Gasteiger charge is 2.62. The summed E-state index contributed by atoms with van der Waals surface area (Å²) in [6.07, 6.45) is 15.1. The minimum Gasteiger partial charge on any atom is -0.505 e. The van der Waals surface area contributed by atoms with E-state index < -0.39 is 0 Å². The van der Waals surface area contributed by atoms with Crippen molar-refractivity contribution in [1.82, 2.24) is 0 Å². The molecule has 4 unspecified atom stereocenters. The molecule has 0 aromatic heterocycles. The molecule has 8 saturated carbocycles. The van der Waals surface area contributed by atoms with Gasteiger partial charge in [0.2, 0.25) is 0 Å². The smallest absolute Gasteiger partial charge is 0.146 e. The molecule has 8 aliphatic carbocycles. The lowest BCUT2D eigenvalue weighted by Gasteiger charge is -2.66. The lowest BCUT2D eigenvalue weighted by atomic mass is 9.39. The number of rotatable bonds is 3. The monoisotopic (exact) mass is 540 g/mol. The fraction of sp³-hybridized carbons (Fsp3) is 0.667. The van der Waals surface area contributed by atoms with Crippen molar-refractivity contribution in [3.8, 4) is 22.6 Å². The Kier molecular flexibility index (Phi) is 4.65. The first-order valence-corrected chi connectivity index (χ1v) is 15.9. The molecule has 214 valence electrons. The van der Waals surface area contributed by atoms with Crippen LogP contribution >= 0.6 is 0 Å². The van der Waals surface area contributed by atoms with E-state index in [-0.39, 0.29) is 22.3 Å². The van der Waals surface area contributed by atoms with Crippen LogP contribution in [0.2, 0.25) is 0 Å². The Morgan fingerprint density at radius 1 is 0.525 bits per heavy atom. The van der Waals surface area contributed by atoms with Crippen molar-refractivity contribution in [3.05, 3.63) is 35.4 Å². The van der Waals surface area contributed by atoms with Crippen LogP contribution in [-0.2, 0) is 10.8 Å². The molecular weight excluding hydrogens is 492 g/mol. The van der Waals surface area contributed by atoms with Gasteiger partial charge in [-0.25, -0.2) is 0 Å². The highest BCUT2D eigenvalue weighted by Crippen LogP contribution is 2.72. The summed E-state index contributed by atoms with van der Waals surface area (Å²) in [5.41, 5.74) is 19.5. The van der Waals surface area contributed by atoms with Crippen LogP contribution in [0.4, 0.5) is 11.4 Å². The van der Waals surface area contributed by atoms with Crippen LogP contribution < -0.4 is 11.5 Å². The molecule has 2 aromatic carbocycles. The largest absolute Gasteiger partial charge is 0.505 e. The molecule has 0 heterocycles. The zero-order chi connectivity index (χ0) is 28.1. The second-order valence-corrected chi connectivity index (χ2v) is 17.7. The standard InChI is InChI=1S/C36H48N2O2/c1-31-9-21-10-32(2,15-31)18-35(13-21,17-31)23-5-25(29(39)27(37)7-23)26-6-24(8-28(38)30(26)40)36-14-22-11-33(3,19-36)16-34(4,12-22)20-36/h5-8,21-22,39-40H,9-20,37-38H2,1-4H3. The van der Waals surface area contributed by atoms with Crippen molar-refractivity contribution >= 4 is 11.4 Å². The molecule has 4 nitrogen and oxygen atoms in total. The number of hydrogen-bond acceptors (Lipinski definition) is 4. The minimum absolute atomic E-state index is 0.0715. The van der Waals surface area contributed by atoms with E-state index in [1.54, 1.807) is 0 Å². The molecule has 40 heavy (non-hydrogen) atoms. The lowest BCUT2D eigenvalue weighted by Crippen LogP contribution is -2.56. The van der Waals surface area contributed by atoms with Gasteiger partial charge >= 0.3 is 0 Å². The van der Waals surface area contributed by atoms with Gasteiger partial charge in [-0.05, 0) is 157 Å². The Morgan fingerprint density at radius 3 is 1.15 bits per heavy atom. The van der Waals surface area contributed by atoms with Crippen LogP contribution in [0.5, 0.6) is 11.5 Å². The molecule has 0 aliphatic heterocycles. The van der Waals surface area contributed by atoms with Crippen LogP contribution in [0.15, 0.2) is 24.3 Å². The third-order valence-corrected chi connectivity index (χ3v) is 13.0. The molecule has 8 fully saturated rings. The second kappa shape index (κ2) is 7.34. The fourth-order valence-electron chi connectivity index (χ4n) is 13.9. The maximum atomic E-state index is 11.4. The Morgan fingerprint density at radius 2 is 0.850 bits per heavy atom. The van der Waals surface area contributed by atoms with Gasteiger partial charge in [-0.3, -0.25) is 0 Å². The summed E-state index contributed by atoms with van der Waals surface area (Å²) in [6.45, 7) is 9.99. The molecule has 0 saturated heterocycles. The molecule has 6 N–H and O–H groups in total. The molecule has 4 atom stereocenters. The van der Waals surface area contributed by atoms with E-state index in [9.17, 15) is 10.2 Å². The first-order chi connectivity index (χ1) is 18.6. The van der Waals surface area contributed by atoms with Gasteiger partial charge in [0.25, 0.3) is 0 Å². The third kappa shape index (κ3) is 3.43. The molecule has 0 spiro atoms. The molecule has 0 amide bonds. The summed E-state index contributed by atoms with van der Waals surface area (Å²) < 4.78 is 0. The van der Waals surface area contributed by atoms with Gasteiger partial charge in [0.15, 0.2) is 0 Å². The van der Waals surface area contributed by atoms with E-state index in [1.807, 2.05) is 12.1 Å². The summed E-state index contributed by atoms with van der Waals surface area (Å²) >= 11 is 0. The molecule has 4 heteroatoms. The summed E-state index contributed by atoms with van der Waals surface area (Å²) in [5, 5.41) is 22.8. The first kappa shape index (κ1) is 25.4. The predicted octanol–water partition coefficient (Wildman–Crippen LogP) is 8.43. The highest BCUT2D eigenvalue weighted by molar-refractivity contribution is 5.85. The van der Waals surface area contributed by atoms with Gasteiger partial charge in [-0.2, -0.15) is 0 Å². The number of phenolic OH excluding ortho intramolecular Hbond substituents is 2. The van der Waals surface area contributed by atoms with E-state index in [4.69, 9.17) is 11.5 Å². The van der Waals surface area contributed by atoms with Gasteiger partial charge in [-0.15, -0.1) is 0 Å². The summed E-state index contributed by atoms with van der Waals surface area (Å²) in [4.78, 5) is 0. The molecule has 8 bridgehead atoms. The number of nitrogen functional groups attached to an aromatic ring is 2. The number of nitrogens with two attached hydrogens (primary N) is 2. The van der Waals surface area contributed by atoms with Crippen LogP contribution in [0, 0.1) is 33.5 Å². The van der Waals surface area contributed by atoms with Crippen molar-refractivity contribution in [3.63, 3.8) is 0 Å². The quantitative estimate of drug-likeness (QED) is 0.232. The molecular formula is C36H48N2O2. The molecule has 8 aliphatic rings. The summed E-state index contributed by atoms with van der Waals surface area (Å²) in [7, 11) is 0. The lowest BCUT2D eigenvalue weighted by molar-refractivity contribution is -0.110. The zero-order valence-electron chi connectivity index (χ0n) is 25.0. The van der Waals surface area contributed by atoms with Gasteiger partial charge in [0.1, 0.15) is 11.5 Å². The summed E-state index contributed by atoms with van der Waals surface area (Å²) in [6, 6.07) is 8.44. The van der Waals surface area contributed by atoms with Gasteiger partial charge in [0, 0.05) is 11.1 Å². The third-order valence-electron chi connectivity index (χ3n) is 13.0. The van der Waals surface area contributed by atoms with Crippen molar-refractivity contribution in [2.24, 2.45) is 33.5 Å². The number of anilines is 2. The van der Waals surface area contributed by atoms with Gasteiger partial charge in [0.05, 0.1) is 11.4 Å². The van der Waals surface area contributed by atoms with Crippen LogP contribution in [0.3, 0.4) is 0 Å². The topological polar surface area (TPSA) is 92.5 Å². The number of hydrogen-bond donors (Lipinski definition) is 4. The normalized spacial score (nSPS) is 46.3. The van der Waals surface area contributed by atoms with Crippen molar-refractivity contribution in [1.29, 1.82) is 0 Å². The number of phenols is 2. The van der Waals surface area contributed by atoms with E-state index in [0.29, 0.717) is 44.2 Å². The van der Waals surface area contributed by atoms with Crippen LogP contribution in [0.25, 0.3) is 11.1 Å². The maximum Gasteiger partial charge on any atom is 0.146 e. The average Bonchev–Trinajstić information content (AvgIpc) is 2.78. The van der Waals surface area contributed by atoms with Gasteiger partial charge < -0.3 is 21.7 Å². The SMILES string of the molecule is CC12CC3CC(C)(C1)CC(c1cc(N)c(O)c(-c4cc(C56CC7CC(C)(CC(C)(C7)C5)C6)cc(N)c4O)c1)(C3)C2. The number of benzene rings is 2. The highest BCUT2D eigenvalue weighted by atomic mass is 16.3. The average molecular weight is 541 g/mol. The van der Waals surface area contributed by atoms with Crippen LogP contribution in [-0.4, -0.2) is 10.2 Å². The van der Waals surface area contributed by atoms with Crippen molar-refractivity contribution in [2.45, 2.75) is 116 Å². The predicted molar refractivity (Wildman–Crippen MR) is 162 cm³/mol. The first-order valence-electron chi connectivity index (χ1n) is 15.9. The fourth-order valence-corrected chi connectivity index (χ4v) is 13.9. The van der Waals surface area contributed by atoms with Crippen molar-refractivity contribution in [2.75, 3.05) is 11.5 Å². The molecule has 2 aromatic rings. The van der Waals surface area contributed by atoms with E-state index >= 15 is 0 Å². The Bertz CT molecular complexity index is 1310. The second-order valence-electron chi connectivity index (χ2n) is 17.7. The molecule has 0 radical (unpaired) electrons. The molecule has 10 rings (SSSR count). The number of aromatic hydroxyl groups is 2. The van der Waals surface area contributed by atoms with E-state index in [2.05, 4.69) is 39.8 Å². The Labute approximate surface area is 239 Å². The van der Waals surface area contributed by atoms with E-state index in [1.165, 1.54) is 88.2 Å². The Balaban J connectivity index is 1.27. The minimum atomic E-state index is 0.0715.